The highest BCUT2D eigenvalue weighted by molar-refractivity contribution is 5.84. The molecule has 4 rings (SSSR count). The topological polar surface area (TPSA) is 77.8 Å². The van der Waals surface area contributed by atoms with Gasteiger partial charge in [0.1, 0.15) is 17.3 Å². The summed E-state index contributed by atoms with van der Waals surface area (Å²) < 4.78 is 16.3. The molecule has 0 aliphatic heterocycles. The smallest absolute Gasteiger partial charge is 0.209 e. The molecule has 0 amide bonds. The average Bonchev–Trinajstić information content (AvgIpc) is 3.25. The predicted molar refractivity (Wildman–Crippen MR) is 111 cm³/mol. The van der Waals surface area contributed by atoms with Crippen molar-refractivity contribution in [3.05, 3.63) is 48.2 Å². The summed E-state index contributed by atoms with van der Waals surface area (Å²) in [6.07, 6.45) is 8.15. The Kier molecular flexibility index (Phi) is 5.32. The number of halogens is 1. The van der Waals surface area contributed by atoms with Crippen molar-refractivity contribution in [2.45, 2.75) is 44.6 Å². The summed E-state index contributed by atoms with van der Waals surface area (Å²) in [6, 6.07) is 6.82. The number of hydrogen-bond donors (Lipinski definition) is 4. The quantitative estimate of drug-likeness (QED) is 0.472. The minimum atomic E-state index is -0.329. The Morgan fingerprint density at radius 3 is 2.68 bits per heavy atom. The summed E-state index contributed by atoms with van der Waals surface area (Å²) >= 11 is 0. The van der Waals surface area contributed by atoms with E-state index in [9.17, 15) is 4.39 Å². The molecule has 2 fully saturated rings. The van der Waals surface area contributed by atoms with Crippen LogP contribution in [0.15, 0.2) is 36.7 Å². The van der Waals surface area contributed by atoms with Gasteiger partial charge in [-0.1, -0.05) is 31.6 Å². The van der Waals surface area contributed by atoms with Crippen LogP contribution in [0, 0.1) is 17.1 Å². The molecular formula is C21H27FN6. The maximum atomic E-state index is 14.2. The van der Waals surface area contributed by atoms with Gasteiger partial charge in [-0.25, -0.2) is 9.37 Å². The van der Waals surface area contributed by atoms with Gasteiger partial charge in [-0.15, -0.1) is 0 Å². The van der Waals surface area contributed by atoms with E-state index in [1.807, 2.05) is 0 Å². The normalized spacial score (nSPS) is 16.8. The second-order valence-corrected chi connectivity index (χ2v) is 7.65. The average molecular weight is 382 g/mol. The summed E-state index contributed by atoms with van der Waals surface area (Å²) in [5.41, 5.74) is 0.889. The van der Waals surface area contributed by atoms with Crippen LogP contribution in [0.3, 0.4) is 0 Å². The van der Waals surface area contributed by atoms with E-state index in [2.05, 4.69) is 32.1 Å². The molecule has 0 spiro atoms. The molecule has 0 bridgehead atoms. The second-order valence-electron chi connectivity index (χ2n) is 7.65. The number of benzene rings is 1. The number of nitrogens with one attached hydrogen (secondary N) is 4. The first-order chi connectivity index (χ1) is 13.7. The molecule has 2 aromatic rings. The van der Waals surface area contributed by atoms with Crippen LogP contribution in [0.25, 0.3) is 0 Å². The lowest BCUT2D eigenvalue weighted by molar-refractivity contribution is 0.528. The number of imidazole rings is 1. The molecule has 0 unspecified atom stereocenters. The highest BCUT2D eigenvalue weighted by Gasteiger charge is 2.27. The third-order valence-corrected chi connectivity index (χ3v) is 5.46. The van der Waals surface area contributed by atoms with E-state index >= 15 is 0 Å². The molecule has 6 nitrogen and oxygen atoms in total. The summed E-state index contributed by atoms with van der Waals surface area (Å²) in [5, 5.41) is 17.6. The molecule has 7 heteroatoms. The molecule has 2 saturated carbocycles. The zero-order chi connectivity index (χ0) is 19.5. The predicted octanol–water partition coefficient (Wildman–Crippen LogP) is 4.76. The van der Waals surface area contributed by atoms with Crippen LogP contribution in [0.1, 0.15) is 50.3 Å². The van der Waals surface area contributed by atoms with Gasteiger partial charge >= 0.3 is 0 Å². The van der Waals surface area contributed by atoms with E-state index in [1.165, 1.54) is 25.1 Å². The monoisotopic (exact) mass is 382 g/mol. The number of para-hydroxylation sites is 1. The summed E-state index contributed by atoms with van der Waals surface area (Å²) in [6.45, 7) is 4.99. The van der Waals surface area contributed by atoms with Crippen LogP contribution in [0.4, 0.5) is 21.8 Å². The number of nitrogens with zero attached hydrogens (tertiary/aromatic N) is 2. The lowest BCUT2D eigenvalue weighted by atomic mass is 10.2. The molecule has 4 N–H and O–H groups in total. The number of hydrogen-bond acceptors (Lipinski definition) is 5. The standard InChI is InChI=1S/C21H27FN6/c1-14(24-13-15-10-11-15)25-20-19(12-23)27-21(28(20)16-6-2-3-7-16)26-18-9-5-4-8-17(18)22/h4-5,8-9,12,15-16,23-25H,1-3,6-7,10-11,13H2,(H,26,27). The van der Waals surface area contributed by atoms with Crippen molar-refractivity contribution < 1.29 is 4.39 Å². The Morgan fingerprint density at radius 1 is 1.25 bits per heavy atom. The van der Waals surface area contributed by atoms with E-state index in [1.54, 1.807) is 18.2 Å². The first-order valence-corrected chi connectivity index (χ1v) is 9.99. The molecule has 148 valence electrons. The zero-order valence-electron chi connectivity index (χ0n) is 16.0. The van der Waals surface area contributed by atoms with Crippen molar-refractivity contribution in [1.82, 2.24) is 14.9 Å². The highest BCUT2D eigenvalue weighted by atomic mass is 19.1. The van der Waals surface area contributed by atoms with E-state index < -0.39 is 0 Å². The highest BCUT2D eigenvalue weighted by Crippen LogP contribution is 2.37. The van der Waals surface area contributed by atoms with Crippen molar-refractivity contribution in [2.75, 3.05) is 17.2 Å². The van der Waals surface area contributed by atoms with Crippen LogP contribution in [0.5, 0.6) is 0 Å². The molecule has 1 heterocycles. The van der Waals surface area contributed by atoms with Crippen LogP contribution in [-0.4, -0.2) is 22.3 Å². The van der Waals surface area contributed by atoms with Gasteiger partial charge in [-0.2, -0.15) is 0 Å². The van der Waals surface area contributed by atoms with Gasteiger partial charge in [-0.3, -0.25) is 4.57 Å². The summed E-state index contributed by atoms with van der Waals surface area (Å²) in [4.78, 5) is 4.58. The van der Waals surface area contributed by atoms with Crippen molar-refractivity contribution in [1.29, 1.82) is 5.41 Å². The lowest BCUT2D eigenvalue weighted by Crippen LogP contribution is -2.23. The lowest BCUT2D eigenvalue weighted by Gasteiger charge is -2.21. The van der Waals surface area contributed by atoms with Gasteiger partial charge in [0.25, 0.3) is 0 Å². The summed E-state index contributed by atoms with van der Waals surface area (Å²) in [7, 11) is 0. The van der Waals surface area contributed by atoms with Crippen molar-refractivity contribution in [3.8, 4) is 0 Å². The van der Waals surface area contributed by atoms with Crippen LogP contribution >= 0.6 is 0 Å². The van der Waals surface area contributed by atoms with Crippen molar-refractivity contribution in [3.63, 3.8) is 0 Å². The van der Waals surface area contributed by atoms with Gasteiger partial charge in [0.05, 0.1) is 11.5 Å². The van der Waals surface area contributed by atoms with Gasteiger partial charge in [0, 0.05) is 18.8 Å². The van der Waals surface area contributed by atoms with E-state index in [4.69, 9.17) is 5.41 Å². The maximum Gasteiger partial charge on any atom is 0.209 e. The first-order valence-electron chi connectivity index (χ1n) is 9.99. The minimum Gasteiger partial charge on any atom is -0.372 e. The maximum absolute atomic E-state index is 14.2. The van der Waals surface area contributed by atoms with E-state index in [0.29, 0.717) is 23.2 Å². The summed E-state index contributed by atoms with van der Waals surface area (Å²) in [5.74, 6) is 2.39. The minimum absolute atomic E-state index is 0.259. The second kappa shape index (κ2) is 8.04. The van der Waals surface area contributed by atoms with Crippen LogP contribution in [0.2, 0.25) is 0 Å². The molecule has 0 saturated heterocycles. The first kappa shape index (κ1) is 18.5. The van der Waals surface area contributed by atoms with Crippen molar-refractivity contribution >= 4 is 23.7 Å². The van der Waals surface area contributed by atoms with E-state index in [-0.39, 0.29) is 11.9 Å². The fraction of sp³-hybridized carbons (Fsp3) is 0.429. The molecule has 1 aromatic carbocycles. The Hall–Kier alpha value is -2.83. The molecular weight excluding hydrogens is 355 g/mol. The van der Waals surface area contributed by atoms with Gasteiger partial charge < -0.3 is 21.4 Å². The fourth-order valence-corrected chi connectivity index (χ4v) is 3.74. The molecule has 1 aromatic heterocycles. The van der Waals surface area contributed by atoms with Gasteiger partial charge in [-0.05, 0) is 43.7 Å². The van der Waals surface area contributed by atoms with Gasteiger partial charge in [0.2, 0.25) is 5.95 Å². The number of rotatable bonds is 9. The Bertz CT molecular complexity index is 864. The Morgan fingerprint density at radius 2 is 2.00 bits per heavy atom. The third-order valence-electron chi connectivity index (χ3n) is 5.46. The molecule has 0 atom stereocenters. The molecule has 0 radical (unpaired) electrons. The van der Waals surface area contributed by atoms with Crippen molar-refractivity contribution in [2.24, 2.45) is 5.92 Å². The third kappa shape index (κ3) is 4.03. The number of anilines is 3. The number of aromatic nitrogens is 2. The van der Waals surface area contributed by atoms with Crippen LogP contribution < -0.4 is 16.0 Å². The molecule has 2 aliphatic carbocycles. The van der Waals surface area contributed by atoms with E-state index in [0.717, 1.165) is 44.0 Å². The van der Waals surface area contributed by atoms with Crippen LogP contribution in [-0.2, 0) is 0 Å². The molecule has 28 heavy (non-hydrogen) atoms. The fourth-order valence-electron chi connectivity index (χ4n) is 3.74. The zero-order valence-corrected chi connectivity index (χ0v) is 16.0. The molecule has 2 aliphatic rings. The SMILES string of the molecule is C=C(NCC1CC1)Nc1c(C=N)nc(Nc2ccccc2F)n1C1CCCC1. The largest absolute Gasteiger partial charge is 0.372 e. The Balaban J connectivity index is 1.64. The Labute approximate surface area is 164 Å². The van der Waals surface area contributed by atoms with Gasteiger partial charge in [0.15, 0.2) is 0 Å².